The van der Waals surface area contributed by atoms with Crippen LogP contribution in [0.2, 0.25) is 0 Å². The quantitative estimate of drug-likeness (QED) is 0.511. The Labute approximate surface area is 108 Å². The maximum atomic E-state index is 9.19. The standard InChI is InChI=1S/C6H14O2.2CH4O3S/c1-5(7)3-4-6(2)8;2*1-5(2,3)4/h5-8H,3-4H2,1-2H3;2*1H3,(H,2,3,4). The molecule has 0 heterocycles. The van der Waals surface area contributed by atoms with Gasteiger partial charge in [0.1, 0.15) is 0 Å². The summed E-state index contributed by atoms with van der Waals surface area (Å²) >= 11 is 0. The van der Waals surface area contributed by atoms with E-state index in [2.05, 4.69) is 0 Å². The number of hydrogen-bond acceptors (Lipinski definition) is 6. The van der Waals surface area contributed by atoms with E-state index in [-0.39, 0.29) is 12.2 Å². The Kier molecular flexibility index (Phi) is 13.5. The molecule has 4 N–H and O–H groups in total. The van der Waals surface area contributed by atoms with Crippen LogP contribution in [-0.2, 0) is 20.2 Å². The molecule has 2 unspecified atom stereocenters. The lowest BCUT2D eigenvalue weighted by atomic mass is 10.1. The van der Waals surface area contributed by atoms with Crippen LogP contribution in [0.4, 0.5) is 0 Å². The van der Waals surface area contributed by atoms with Crippen molar-refractivity contribution in [3.05, 3.63) is 0 Å². The minimum absolute atomic E-state index is 0.274. The second kappa shape index (κ2) is 10.6. The summed E-state index contributed by atoms with van der Waals surface area (Å²) in [5, 5.41) is 17.4. The number of aliphatic hydroxyl groups is 2. The molecule has 0 aromatic heterocycles. The van der Waals surface area contributed by atoms with Crippen LogP contribution in [0, 0.1) is 0 Å². The molecule has 0 aromatic carbocycles. The third-order valence-corrected chi connectivity index (χ3v) is 1.00. The molecule has 8 nitrogen and oxygen atoms in total. The summed E-state index contributed by atoms with van der Waals surface area (Å²) in [6, 6.07) is 0. The van der Waals surface area contributed by atoms with E-state index in [9.17, 15) is 16.8 Å². The van der Waals surface area contributed by atoms with E-state index in [1.165, 1.54) is 0 Å². The van der Waals surface area contributed by atoms with E-state index < -0.39 is 20.2 Å². The zero-order chi connectivity index (χ0) is 15.6. The van der Waals surface area contributed by atoms with Crippen LogP contribution in [0.25, 0.3) is 0 Å². The molecule has 0 aromatic rings. The minimum atomic E-state index is -3.67. The van der Waals surface area contributed by atoms with Crippen molar-refractivity contribution in [2.75, 3.05) is 12.5 Å². The Morgan fingerprint density at radius 1 is 0.778 bits per heavy atom. The van der Waals surface area contributed by atoms with Gasteiger partial charge in [-0.15, -0.1) is 0 Å². The molecule has 0 amide bonds. The van der Waals surface area contributed by atoms with E-state index >= 15 is 0 Å². The fraction of sp³-hybridized carbons (Fsp3) is 1.00. The lowest BCUT2D eigenvalue weighted by molar-refractivity contribution is 0.133. The monoisotopic (exact) mass is 310 g/mol. The zero-order valence-electron chi connectivity index (χ0n) is 10.8. The lowest BCUT2D eigenvalue weighted by Crippen LogP contribution is -2.06. The zero-order valence-corrected chi connectivity index (χ0v) is 12.4. The third-order valence-electron chi connectivity index (χ3n) is 1.00. The fourth-order valence-corrected chi connectivity index (χ4v) is 0.482. The highest BCUT2D eigenvalue weighted by Crippen LogP contribution is 1.98. The van der Waals surface area contributed by atoms with Gasteiger partial charge in [0.25, 0.3) is 20.2 Å². The third kappa shape index (κ3) is 152. The summed E-state index contributed by atoms with van der Waals surface area (Å²) in [6.07, 6.45) is 2.27. The molecule has 0 rings (SSSR count). The predicted octanol–water partition coefficient (Wildman–Crippen LogP) is -0.464. The van der Waals surface area contributed by atoms with Gasteiger partial charge in [0.15, 0.2) is 0 Å². The number of hydrogen-bond donors (Lipinski definition) is 4. The molecule has 0 aliphatic carbocycles. The van der Waals surface area contributed by atoms with Crippen LogP contribution in [0.15, 0.2) is 0 Å². The van der Waals surface area contributed by atoms with Gasteiger partial charge in [-0.1, -0.05) is 0 Å². The second-order valence-corrected chi connectivity index (χ2v) is 6.67. The number of rotatable bonds is 3. The van der Waals surface area contributed by atoms with E-state index in [0.717, 1.165) is 0 Å². The van der Waals surface area contributed by atoms with Gasteiger partial charge in [0.05, 0.1) is 24.7 Å². The van der Waals surface area contributed by atoms with Crippen LogP contribution in [0.5, 0.6) is 0 Å². The summed E-state index contributed by atoms with van der Waals surface area (Å²) in [6.45, 7) is 3.45. The molecule has 0 saturated heterocycles. The first-order chi connectivity index (χ1) is 7.63. The fourth-order valence-electron chi connectivity index (χ4n) is 0.482. The molecule has 2 atom stereocenters. The Balaban J connectivity index is -0.000000197. The van der Waals surface area contributed by atoms with Crippen molar-refractivity contribution >= 4 is 20.2 Å². The first kappa shape index (κ1) is 22.9. The average molecular weight is 310 g/mol. The summed E-state index contributed by atoms with van der Waals surface area (Å²) in [7, 11) is -7.33. The van der Waals surface area contributed by atoms with Crippen LogP contribution in [0.1, 0.15) is 26.7 Å². The van der Waals surface area contributed by atoms with Crippen LogP contribution < -0.4 is 0 Å². The molecule has 114 valence electrons. The SMILES string of the molecule is CC(O)CCC(C)O.CS(=O)(=O)O.CS(=O)(=O)O. The van der Waals surface area contributed by atoms with E-state index in [1.54, 1.807) is 13.8 Å². The van der Waals surface area contributed by atoms with Crippen molar-refractivity contribution in [3.63, 3.8) is 0 Å². The van der Waals surface area contributed by atoms with Gasteiger partial charge in [-0.3, -0.25) is 9.11 Å². The molecule has 0 aliphatic rings. The molecular formula is C8H22O8S2. The van der Waals surface area contributed by atoms with Crippen molar-refractivity contribution < 1.29 is 36.2 Å². The van der Waals surface area contributed by atoms with Crippen molar-refractivity contribution in [2.45, 2.75) is 38.9 Å². The highest BCUT2D eigenvalue weighted by atomic mass is 32.2. The highest BCUT2D eigenvalue weighted by molar-refractivity contribution is 7.85. The first-order valence-electron chi connectivity index (χ1n) is 4.84. The molecule has 10 heteroatoms. The van der Waals surface area contributed by atoms with E-state index in [0.29, 0.717) is 25.4 Å². The minimum Gasteiger partial charge on any atom is -0.393 e. The van der Waals surface area contributed by atoms with Gasteiger partial charge in [-0.2, -0.15) is 16.8 Å². The van der Waals surface area contributed by atoms with Gasteiger partial charge in [0.2, 0.25) is 0 Å². The van der Waals surface area contributed by atoms with Crippen LogP contribution in [-0.4, -0.2) is 60.9 Å². The second-order valence-electron chi connectivity index (χ2n) is 3.74. The highest BCUT2D eigenvalue weighted by Gasteiger charge is 1.98. The molecule has 0 fully saturated rings. The van der Waals surface area contributed by atoms with E-state index in [1.807, 2.05) is 0 Å². The maximum absolute atomic E-state index is 9.19. The normalized spacial score (nSPS) is 14.4. The summed E-state index contributed by atoms with van der Waals surface area (Å²) in [5.74, 6) is 0. The molecule has 0 spiro atoms. The smallest absolute Gasteiger partial charge is 0.261 e. The average Bonchev–Trinajstić information content (AvgIpc) is 1.93. The molecule has 18 heavy (non-hydrogen) atoms. The van der Waals surface area contributed by atoms with Gasteiger partial charge < -0.3 is 10.2 Å². The van der Waals surface area contributed by atoms with Crippen molar-refractivity contribution in [2.24, 2.45) is 0 Å². The molecule has 0 saturated carbocycles. The summed E-state index contributed by atoms with van der Waals surface area (Å²) in [5.41, 5.74) is 0. The number of aliphatic hydroxyl groups excluding tert-OH is 2. The Hall–Kier alpha value is -0.260. The summed E-state index contributed by atoms with van der Waals surface area (Å²) < 4.78 is 51.7. The summed E-state index contributed by atoms with van der Waals surface area (Å²) in [4.78, 5) is 0. The van der Waals surface area contributed by atoms with Gasteiger partial charge >= 0.3 is 0 Å². The van der Waals surface area contributed by atoms with Crippen molar-refractivity contribution in [1.82, 2.24) is 0 Å². The van der Waals surface area contributed by atoms with E-state index in [4.69, 9.17) is 19.3 Å². The topological polar surface area (TPSA) is 149 Å². The van der Waals surface area contributed by atoms with Crippen molar-refractivity contribution in [3.8, 4) is 0 Å². The molecule has 0 bridgehead atoms. The Morgan fingerprint density at radius 2 is 0.889 bits per heavy atom. The lowest BCUT2D eigenvalue weighted by Gasteiger charge is -2.04. The molecule has 0 radical (unpaired) electrons. The van der Waals surface area contributed by atoms with Gasteiger partial charge in [0, 0.05) is 0 Å². The first-order valence-corrected chi connectivity index (χ1v) is 8.53. The molecular weight excluding hydrogens is 288 g/mol. The van der Waals surface area contributed by atoms with Crippen LogP contribution in [0.3, 0.4) is 0 Å². The largest absolute Gasteiger partial charge is 0.393 e. The molecule has 0 aliphatic heterocycles. The van der Waals surface area contributed by atoms with Crippen molar-refractivity contribution in [1.29, 1.82) is 0 Å². The predicted molar refractivity (Wildman–Crippen MR) is 67.5 cm³/mol. The Bertz CT molecular complexity index is 314. The van der Waals surface area contributed by atoms with Gasteiger partial charge in [-0.05, 0) is 26.7 Å². The Morgan fingerprint density at radius 3 is 0.944 bits per heavy atom. The maximum Gasteiger partial charge on any atom is 0.261 e. The van der Waals surface area contributed by atoms with Crippen LogP contribution >= 0.6 is 0 Å². The van der Waals surface area contributed by atoms with Gasteiger partial charge in [-0.25, -0.2) is 0 Å².